The Morgan fingerprint density at radius 2 is 1.76 bits per heavy atom. The summed E-state index contributed by atoms with van der Waals surface area (Å²) in [5, 5.41) is 8.99. The van der Waals surface area contributed by atoms with Gasteiger partial charge in [0.05, 0.1) is 5.92 Å². The van der Waals surface area contributed by atoms with E-state index in [1.54, 1.807) is 37.8 Å². The fraction of sp³-hybridized carbons (Fsp3) is 0.500. The average Bonchev–Trinajstić information content (AvgIpc) is 2.43. The van der Waals surface area contributed by atoms with Crippen LogP contribution in [-0.4, -0.2) is 35.0 Å². The second-order valence-corrected chi connectivity index (χ2v) is 5.55. The number of hydrogen-bond acceptors (Lipinski definition) is 2. The van der Waals surface area contributed by atoms with E-state index in [0.717, 1.165) is 5.56 Å². The molecule has 1 aromatic carbocycles. The van der Waals surface area contributed by atoms with Crippen LogP contribution in [0.2, 0.25) is 0 Å². The number of rotatable bonds is 7. The molecule has 1 unspecified atom stereocenters. The quantitative estimate of drug-likeness (QED) is 0.841. The first-order valence-electron chi connectivity index (χ1n) is 7.07. The van der Waals surface area contributed by atoms with E-state index < -0.39 is 11.9 Å². The highest BCUT2D eigenvalue weighted by molar-refractivity contribution is 5.79. The van der Waals surface area contributed by atoms with Gasteiger partial charge in [-0.05, 0) is 24.1 Å². The van der Waals surface area contributed by atoms with Crippen LogP contribution in [0.5, 0.6) is 0 Å². The number of halogens is 1. The first kappa shape index (κ1) is 17.1. The van der Waals surface area contributed by atoms with E-state index in [1.807, 2.05) is 0 Å². The van der Waals surface area contributed by atoms with Crippen LogP contribution >= 0.6 is 0 Å². The average molecular weight is 295 g/mol. The largest absolute Gasteiger partial charge is 0.481 e. The summed E-state index contributed by atoms with van der Waals surface area (Å²) in [5.41, 5.74) is 0.918. The van der Waals surface area contributed by atoms with Gasteiger partial charge in [-0.3, -0.25) is 9.59 Å². The zero-order chi connectivity index (χ0) is 16.0. The molecular weight excluding hydrogens is 273 g/mol. The van der Waals surface area contributed by atoms with E-state index >= 15 is 0 Å². The zero-order valence-electron chi connectivity index (χ0n) is 12.7. The lowest BCUT2D eigenvalue weighted by molar-refractivity contribution is -0.143. The van der Waals surface area contributed by atoms with Crippen molar-refractivity contribution in [1.29, 1.82) is 0 Å². The van der Waals surface area contributed by atoms with Crippen LogP contribution < -0.4 is 0 Å². The van der Waals surface area contributed by atoms with Crippen molar-refractivity contribution >= 4 is 11.9 Å². The summed E-state index contributed by atoms with van der Waals surface area (Å²) in [5.74, 6) is -2.07. The number of carboxylic acids is 1. The molecule has 5 heteroatoms. The number of amides is 1. The molecule has 0 aliphatic carbocycles. The van der Waals surface area contributed by atoms with Crippen molar-refractivity contribution in [2.24, 2.45) is 11.8 Å². The van der Waals surface area contributed by atoms with E-state index in [2.05, 4.69) is 0 Å². The molecule has 1 aromatic rings. The molecule has 0 aliphatic rings. The number of benzene rings is 1. The second kappa shape index (κ2) is 7.76. The lowest BCUT2D eigenvalue weighted by Gasteiger charge is -2.26. The summed E-state index contributed by atoms with van der Waals surface area (Å²) in [6, 6.07) is 6.11. The molecule has 1 N–H and O–H groups in total. The van der Waals surface area contributed by atoms with Crippen LogP contribution in [0.15, 0.2) is 24.3 Å². The number of aliphatic carboxylic acids is 1. The lowest BCUT2D eigenvalue weighted by atomic mass is 10.1. The van der Waals surface area contributed by atoms with Gasteiger partial charge in [0, 0.05) is 19.0 Å². The van der Waals surface area contributed by atoms with Gasteiger partial charge in [-0.1, -0.05) is 32.9 Å². The highest BCUT2D eigenvalue weighted by Crippen LogP contribution is 2.10. The minimum absolute atomic E-state index is 0.0646. The predicted octanol–water partition coefficient (Wildman–Crippen LogP) is 2.57. The molecule has 1 rings (SSSR count). The van der Waals surface area contributed by atoms with Gasteiger partial charge >= 0.3 is 5.97 Å². The van der Waals surface area contributed by atoms with Crippen LogP contribution in [0.1, 0.15) is 26.3 Å². The Morgan fingerprint density at radius 3 is 2.24 bits per heavy atom. The fourth-order valence-electron chi connectivity index (χ4n) is 1.98. The minimum Gasteiger partial charge on any atom is -0.481 e. The van der Waals surface area contributed by atoms with Crippen LogP contribution in [0.25, 0.3) is 0 Å². The number of nitrogens with zero attached hydrogens (tertiary/aromatic N) is 1. The van der Waals surface area contributed by atoms with Gasteiger partial charge in [0.15, 0.2) is 0 Å². The molecule has 0 aliphatic heterocycles. The van der Waals surface area contributed by atoms with Crippen LogP contribution in [-0.2, 0) is 16.0 Å². The predicted molar refractivity (Wildman–Crippen MR) is 78.3 cm³/mol. The van der Waals surface area contributed by atoms with Gasteiger partial charge in [-0.2, -0.15) is 0 Å². The first-order chi connectivity index (χ1) is 9.81. The third-order valence-corrected chi connectivity index (χ3v) is 3.31. The SMILES string of the molecule is CC(C)C(=O)N(CCc1ccc(F)cc1)CC(C)C(=O)O. The van der Waals surface area contributed by atoms with Crippen molar-refractivity contribution in [2.45, 2.75) is 27.2 Å². The number of carbonyl (C=O) groups excluding carboxylic acids is 1. The van der Waals surface area contributed by atoms with Crippen LogP contribution in [0.4, 0.5) is 4.39 Å². The molecule has 0 saturated carbocycles. The normalized spacial score (nSPS) is 12.2. The number of carboxylic acid groups (broad SMARTS) is 1. The van der Waals surface area contributed by atoms with E-state index in [9.17, 15) is 14.0 Å². The van der Waals surface area contributed by atoms with Gasteiger partial charge in [0.2, 0.25) is 5.91 Å². The Balaban J connectivity index is 2.70. The maximum Gasteiger partial charge on any atom is 0.308 e. The molecular formula is C16H22FNO3. The Labute approximate surface area is 124 Å². The van der Waals surface area contributed by atoms with Crippen molar-refractivity contribution in [2.75, 3.05) is 13.1 Å². The third-order valence-electron chi connectivity index (χ3n) is 3.31. The second-order valence-electron chi connectivity index (χ2n) is 5.55. The molecule has 0 radical (unpaired) electrons. The maximum atomic E-state index is 12.9. The third kappa shape index (κ3) is 5.53. The molecule has 0 saturated heterocycles. The van der Waals surface area contributed by atoms with Gasteiger partial charge in [0.1, 0.15) is 5.82 Å². The summed E-state index contributed by atoms with van der Waals surface area (Å²) < 4.78 is 12.9. The Kier molecular flexibility index (Phi) is 6.34. The summed E-state index contributed by atoms with van der Waals surface area (Å²) >= 11 is 0. The van der Waals surface area contributed by atoms with Gasteiger partial charge < -0.3 is 10.0 Å². The van der Waals surface area contributed by atoms with Crippen molar-refractivity contribution < 1.29 is 19.1 Å². The van der Waals surface area contributed by atoms with Crippen molar-refractivity contribution in [3.05, 3.63) is 35.6 Å². The Bertz CT molecular complexity index is 485. The van der Waals surface area contributed by atoms with E-state index in [0.29, 0.717) is 13.0 Å². The monoisotopic (exact) mass is 295 g/mol. The zero-order valence-corrected chi connectivity index (χ0v) is 12.7. The lowest BCUT2D eigenvalue weighted by Crippen LogP contribution is -2.40. The standard InChI is InChI=1S/C16H22FNO3/c1-11(2)15(19)18(10-12(3)16(20)21)9-8-13-4-6-14(17)7-5-13/h4-7,11-12H,8-10H2,1-3H3,(H,20,21). The first-order valence-corrected chi connectivity index (χ1v) is 7.07. The number of hydrogen-bond donors (Lipinski definition) is 1. The summed E-state index contributed by atoms with van der Waals surface area (Å²) in [7, 11) is 0. The minimum atomic E-state index is -0.918. The molecule has 1 amide bonds. The van der Waals surface area contributed by atoms with Crippen LogP contribution in [0, 0.1) is 17.7 Å². The molecule has 116 valence electrons. The van der Waals surface area contributed by atoms with E-state index in [1.165, 1.54) is 12.1 Å². The molecule has 1 atom stereocenters. The van der Waals surface area contributed by atoms with Crippen molar-refractivity contribution in [1.82, 2.24) is 4.90 Å². The highest BCUT2D eigenvalue weighted by Gasteiger charge is 2.22. The van der Waals surface area contributed by atoms with Gasteiger partial charge in [-0.15, -0.1) is 0 Å². The molecule has 4 nitrogen and oxygen atoms in total. The van der Waals surface area contributed by atoms with Crippen molar-refractivity contribution in [3.8, 4) is 0 Å². The summed E-state index contributed by atoms with van der Waals surface area (Å²) in [4.78, 5) is 24.7. The van der Waals surface area contributed by atoms with E-state index in [-0.39, 0.29) is 24.2 Å². The maximum absolute atomic E-state index is 12.9. The molecule has 0 spiro atoms. The topological polar surface area (TPSA) is 57.6 Å². The Morgan fingerprint density at radius 1 is 1.19 bits per heavy atom. The van der Waals surface area contributed by atoms with Gasteiger partial charge in [0.25, 0.3) is 0 Å². The molecule has 0 fully saturated rings. The smallest absolute Gasteiger partial charge is 0.308 e. The Hall–Kier alpha value is -1.91. The fourth-order valence-corrected chi connectivity index (χ4v) is 1.98. The number of carbonyl (C=O) groups is 2. The van der Waals surface area contributed by atoms with E-state index in [4.69, 9.17) is 5.11 Å². The molecule has 0 aromatic heterocycles. The molecule has 21 heavy (non-hydrogen) atoms. The molecule has 0 heterocycles. The van der Waals surface area contributed by atoms with Crippen LogP contribution in [0.3, 0.4) is 0 Å². The van der Waals surface area contributed by atoms with Gasteiger partial charge in [-0.25, -0.2) is 4.39 Å². The molecule has 0 bridgehead atoms. The highest BCUT2D eigenvalue weighted by atomic mass is 19.1. The summed E-state index contributed by atoms with van der Waals surface area (Å²) in [6.45, 7) is 5.78. The summed E-state index contributed by atoms with van der Waals surface area (Å²) in [6.07, 6.45) is 0.574. The van der Waals surface area contributed by atoms with Crippen molar-refractivity contribution in [3.63, 3.8) is 0 Å².